The van der Waals surface area contributed by atoms with Crippen molar-refractivity contribution in [3.05, 3.63) is 98.1 Å². The van der Waals surface area contributed by atoms with Crippen molar-refractivity contribution in [1.29, 1.82) is 0 Å². The number of rotatable bonds is 2. The third-order valence-corrected chi connectivity index (χ3v) is 8.11. The SMILES string of the molecule is Cc1cc(I)ccc1N1C(=O)[C@H]2C3c4ccccc4C(CO)(c4ccccc43)[C@H]2C1=O. The minimum absolute atomic E-state index is 0.161. The second-order valence-electron chi connectivity index (χ2n) is 8.73. The maximum Gasteiger partial charge on any atom is 0.239 e. The molecule has 3 aromatic rings. The second kappa shape index (κ2) is 6.50. The fourth-order valence-corrected chi connectivity index (χ4v) is 6.95. The highest BCUT2D eigenvalue weighted by molar-refractivity contribution is 14.1. The van der Waals surface area contributed by atoms with E-state index in [9.17, 15) is 14.7 Å². The summed E-state index contributed by atoms with van der Waals surface area (Å²) in [6.45, 7) is 1.72. The van der Waals surface area contributed by atoms with E-state index in [4.69, 9.17) is 0 Å². The van der Waals surface area contributed by atoms with Crippen molar-refractivity contribution in [2.24, 2.45) is 11.8 Å². The number of amides is 2. The number of anilines is 1. The molecule has 31 heavy (non-hydrogen) atoms. The van der Waals surface area contributed by atoms with E-state index in [2.05, 4.69) is 22.6 Å². The van der Waals surface area contributed by atoms with Crippen LogP contribution in [0.1, 0.15) is 33.7 Å². The minimum atomic E-state index is -0.912. The summed E-state index contributed by atoms with van der Waals surface area (Å²) >= 11 is 2.23. The van der Waals surface area contributed by atoms with Gasteiger partial charge in [-0.2, -0.15) is 0 Å². The van der Waals surface area contributed by atoms with Crippen LogP contribution in [0.2, 0.25) is 0 Å². The molecule has 0 unspecified atom stereocenters. The number of aliphatic hydroxyl groups is 1. The number of benzene rings is 3. The molecule has 0 aromatic heterocycles. The van der Waals surface area contributed by atoms with Crippen molar-refractivity contribution >= 4 is 40.1 Å². The summed E-state index contributed by atoms with van der Waals surface area (Å²) in [5.74, 6) is -1.67. The molecule has 1 aliphatic heterocycles. The maximum atomic E-state index is 14.0. The van der Waals surface area contributed by atoms with Gasteiger partial charge in [-0.05, 0) is 75.5 Å². The molecule has 5 heteroatoms. The topological polar surface area (TPSA) is 57.6 Å². The Morgan fingerprint density at radius 3 is 2.13 bits per heavy atom. The lowest BCUT2D eigenvalue weighted by molar-refractivity contribution is -0.124. The number of imide groups is 1. The standard InChI is InChI=1S/C26H20INO3/c1-14-12-15(27)10-11-20(14)28-24(30)22-21-16-6-2-4-8-18(16)26(13-29,23(22)25(28)31)19-9-5-3-7-17(19)21/h2-12,21-23,29H,13H2,1H3/t21?,22-,23+,26?/m0/s1. The molecule has 154 valence electrons. The van der Waals surface area contributed by atoms with Gasteiger partial charge in [-0.15, -0.1) is 0 Å². The largest absolute Gasteiger partial charge is 0.395 e. The minimum Gasteiger partial charge on any atom is -0.395 e. The highest BCUT2D eigenvalue weighted by Crippen LogP contribution is 2.64. The Bertz CT molecular complexity index is 1240. The Hall–Kier alpha value is -2.51. The van der Waals surface area contributed by atoms with Gasteiger partial charge in [0.25, 0.3) is 0 Å². The predicted octanol–water partition coefficient (Wildman–Crippen LogP) is 4.14. The van der Waals surface area contributed by atoms with Gasteiger partial charge in [-0.1, -0.05) is 48.5 Å². The first-order valence-corrected chi connectivity index (χ1v) is 11.5. The normalized spacial score (nSPS) is 27.8. The molecule has 3 aliphatic carbocycles. The number of hydrogen-bond acceptors (Lipinski definition) is 3. The first kappa shape index (κ1) is 19.2. The fourth-order valence-electron chi connectivity index (χ4n) is 6.30. The van der Waals surface area contributed by atoms with E-state index in [1.807, 2.05) is 73.7 Å². The van der Waals surface area contributed by atoms with Gasteiger partial charge < -0.3 is 5.11 Å². The molecule has 4 aliphatic rings. The lowest BCUT2D eigenvalue weighted by atomic mass is 9.47. The number of carbonyl (C=O) groups is 2. The van der Waals surface area contributed by atoms with Gasteiger partial charge in [0, 0.05) is 9.49 Å². The summed E-state index contributed by atoms with van der Waals surface area (Å²) in [4.78, 5) is 29.2. The first-order chi connectivity index (χ1) is 15.0. The van der Waals surface area contributed by atoms with Gasteiger partial charge in [0.2, 0.25) is 11.8 Å². The molecule has 2 atom stereocenters. The molecule has 3 aromatic carbocycles. The zero-order valence-corrected chi connectivity index (χ0v) is 19.0. The Balaban J connectivity index is 1.64. The predicted molar refractivity (Wildman–Crippen MR) is 126 cm³/mol. The maximum absolute atomic E-state index is 14.0. The molecular weight excluding hydrogens is 501 g/mol. The van der Waals surface area contributed by atoms with Crippen molar-refractivity contribution in [1.82, 2.24) is 0 Å². The fraction of sp³-hybridized carbons (Fsp3) is 0.231. The third kappa shape index (κ3) is 2.23. The lowest BCUT2D eigenvalue weighted by Crippen LogP contribution is -2.55. The van der Waals surface area contributed by atoms with E-state index < -0.39 is 17.3 Å². The Labute approximate surface area is 194 Å². The van der Waals surface area contributed by atoms with Gasteiger partial charge in [-0.25, -0.2) is 4.90 Å². The molecule has 1 heterocycles. The highest BCUT2D eigenvalue weighted by atomic mass is 127. The molecule has 7 rings (SSSR count). The van der Waals surface area contributed by atoms with Gasteiger partial charge in [0.05, 0.1) is 29.5 Å². The molecule has 0 spiro atoms. The molecular formula is C26H20INO3. The summed E-state index contributed by atoms with van der Waals surface area (Å²) in [5.41, 5.74) is 4.69. The molecule has 2 bridgehead atoms. The quantitative estimate of drug-likeness (QED) is 0.408. The zero-order valence-electron chi connectivity index (χ0n) is 16.9. The lowest BCUT2D eigenvalue weighted by Gasteiger charge is -2.53. The van der Waals surface area contributed by atoms with Gasteiger partial charge in [0.15, 0.2) is 0 Å². The van der Waals surface area contributed by atoms with Crippen LogP contribution >= 0.6 is 22.6 Å². The Morgan fingerprint density at radius 1 is 0.935 bits per heavy atom. The number of carbonyl (C=O) groups excluding carboxylic acids is 2. The molecule has 1 fully saturated rings. The van der Waals surface area contributed by atoms with Crippen molar-refractivity contribution in [2.45, 2.75) is 18.3 Å². The molecule has 4 nitrogen and oxygen atoms in total. The van der Waals surface area contributed by atoms with Crippen LogP contribution in [0.5, 0.6) is 0 Å². The summed E-state index contributed by atoms with van der Waals surface area (Å²) in [6.07, 6.45) is 0. The summed E-state index contributed by atoms with van der Waals surface area (Å²) < 4.78 is 1.06. The third-order valence-electron chi connectivity index (χ3n) is 7.44. The average molecular weight is 521 g/mol. The van der Waals surface area contributed by atoms with Crippen molar-refractivity contribution in [2.75, 3.05) is 11.5 Å². The van der Waals surface area contributed by atoms with E-state index in [1.165, 1.54) is 4.90 Å². The van der Waals surface area contributed by atoms with Gasteiger partial charge in [0.1, 0.15) is 0 Å². The number of nitrogens with zero attached hydrogens (tertiary/aromatic N) is 1. The van der Waals surface area contributed by atoms with Gasteiger partial charge in [-0.3, -0.25) is 9.59 Å². The Kier molecular flexibility index (Phi) is 4.02. The van der Waals surface area contributed by atoms with Crippen LogP contribution in [0.3, 0.4) is 0 Å². The monoisotopic (exact) mass is 521 g/mol. The van der Waals surface area contributed by atoms with Crippen LogP contribution < -0.4 is 4.90 Å². The first-order valence-electron chi connectivity index (χ1n) is 10.4. The highest BCUT2D eigenvalue weighted by Gasteiger charge is 2.68. The summed E-state index contributed by atoms with van der Waals surface area (Å²) in [7, 11) is 0. The van der Waals surface area contributed by atoms with Crippen LogP contribution in [0.25, 0.3) is 0 Å². The van der Waals surface area contributed by atoms with E-state index in [-0.39, 0.29) is 24.3 Å². The van der Waals surface area contributed by atoms with E-state index >= 15 is 0 Å². The van der Waals surface area contributed by atoms with Crippen molar-refractivity contribution in [3.8, 4) is 0 Å². The zero-order chi connectivity index (χ0) is 21.5. The second-order valence-corrected chi connectivity index (χ2v) is 9.97. The number of hydrogen-bond donors (Lipinski definition) is 1. The van der Waals surface area contributed by atoms with Crippen LogP contribution in [0, 0.1) is 22.3 Å². The molecule has 1 N–H and O–H groups in total. The smallest absolute Gasteiger partial charge is 0.239 e. The van der Waals surface area contributed by atoms with Crippen LogP contribution in [0.4, 0.5) is 5.69 Å². The number of aryl methyl sites for hydroxylation is 1. The Morgan fingerprint density at radius 2 is 1.55 bits per heavy atom. The number of halogens is 1. The van der Waals surface area contributed by atoms with Crippen LogP contribution in [0.15, 0.2) is 66.7 Å². The van der Waals surface area contributed by atoms with Crippen molar-refractivity contribution in [3.63, 3.8) is 0 Å². The molecule has 1 saturated heterocycles. The van der Waals surface area contributed by atoms with E-state index in [0.717, 1.165) is 31.4 Å². The van der Waals surface area contributed by atoms with Gasteiger partial charge >= 0.3 is 0 Å². The average Bonchev–Trinajstić information content (AvgIpc) is 3.05. The van der Waals surface area contributed by atoms with E-state index in [0.29, 0.717) is 5.69 Å². The molecule has 2 amide bonds. The molecule has 0 saturated carbocycles. The van der Waals surface area contributed by atoms with Crippen molar-refractivity contribution < 1.29 is 14.7 Å². The van der Waals surface area contributed by atoms with Crippen LogP contribution in [-0.4, -0.2) is 23.5 Å². The summed E-state index contributed by atoms with van der Waals surface area (Å²) in [5, 5.41) is 10.9. The summed E-state index contributed by atoms with van der Waals surface area (Å²) in [6, 6.07) is 21.8. The van der Waals surface area contributed by atoms with E-state index in [1.54, 1.807) is 0 Å². The van der Waals surface area contributed by atoms with Crippen LogP contribution in [-0.2, 0) is 15.0 Å². The number of aliphatic hydroxyl groups excluding tert-OH is 1. The molecule has 0 radical (unpaired) electrons.